The quantitative estimate of drug-likeness (QED) is 0.805. The summed E-state index contributed by atoms with van der Waals surface area (Å²) in [5.41, 5.74) is -0.879. The molecule has 0 aliphatic rings. The SMILES string of the molecule is COc1ncncc1C(O)(c1ccccc1)c1ccccc1F. The summed E-state index contributed by atoms with van der Waals surface area (Å²) in [5.74, 6) is -0.334. The molecule has 1 atom stereocenters. The minimum Gasteiger partial charge on any atom is -0.481 e. The van der Waals surface area contributed by atoms with Gasteiger partial charge in [-0.25, -0.2) is 14.4 Å². The Kier molecular flexibility index (Phi) is 4.04. The standard InChI is InChI=1S/C18H15FN2O2/c1-23-17-15(11-20-12-21-17)18(22,13-7-3-2-4-8-13)14-9-5-6-10-16(14)19/h2-12,22H,1H3. The maximum absolute atomic E-state index is 14.5. The van der Waals surface area contributed by atoms with Gasteiger partial charge in [0.1, 0.15) is 17.7 Å². The second-order valence-electron chi connectivity index (χ2n) is 5.00. The molecule has 0 bridgehead atoms. The van der Waals surface area contributed by atoms with Gasteiger partial charge in [0.05, 0.1) is 12.7 Å². The number of nitrogens with zero attached hydrogens (tertiary/aromatic N) is 2. The van der Waals surface area contributed by atoms with Gasteiger partial charge >= 0.3 is 0 Å². The molecule has 0 radical (unpaired) electrons. The second-order valence-corrected chi connectivity index (χ2v) is 5.00. The number of methoxy groups -OCH3 is 1. The Bertz CT molecular complexity index is 811. The summed E-state index contributed by atoms with van der Waals surface area (Å²) < 4.78 is 19.7. The molecular weight excluding hydrogens is 295 g/mol. The van der Waals surface area contributed by atoms with Crippen molar-refractivity contribution >= 4 is 0 Å². The van der Waals surface area contributed by atoms with E-state index >= 15 is 0 Å². The molecule has 0 aliphatic carbocycles. The van der Waals surface area contributed by atoms with Crippen LogP contribution in [0.2, 0.25) is 0 Å². The van der Waals surface area contributed by atoms with Gasteiger partial charge in [-0.15, -0.1) is 0 Å². The lowest BCUT2D eigenvalue weighted by atomic mass is 9.81. The summed E-state index contributed by atoms with van der Waals surface area (Å²) >= 11 is 0. The predicted molar refractivity (Wildman–Crippen MR) is 83.5 cm³/mol. The highest BCUT2D eigenvalue weighted by molar-refractivity contribution is 5.49. The molecule has 116 valence electrons. The Morgan fingerprint density at radius 1 is 1.00 bits per heavy atom. The third-order valence-electron chi connectivity index (χ3n) is 3.71. The summed E-state index contributed by atoms with van der Waals surface area (Å²) in [6, 6.07) is 14.9. The number of aliphatic hydroxyl groups is 1. The van der Waals surface area contributed by atoms with Crippen LogP contribution in [0, 0.1) is 5.82 Å². The van der Waals surface area contributed by atoms with Gasteiger partial charge in [-0.2, -0.15) is 0 Å². The van der Waals surface area contributed by atoms with Gasteiger partial charge in [-0.05, 0) is 11.6 Å². The third-order valence-corrected chi connectivity index (χ3v) is 3.71. The zero-order valence-corrected chi connectivity index (χ0v) is 12.5. The number of aromatic nitrogens is 2. The van der Waals surface area contributed by atoms with E-state index in [2.05, 4.69) is 9.97 Å². The van der Waals surface area contributed by atoms with E-state index in [0.29, 0.717) is 5.56 Å². The molecule has 0 fully saturated rings. The van der Waals surface area contributed by atoms with Crippen molar-refractivity contribution in [1.29, 1.82) is 0 Å². The van der Waals surface area contributed by atoms with E-state index in [-0.39, 0.29) is 17.0 Å². The van der Waals surface area contributed by atoms with Crippen LogP contribution < -0.4 is 4.74 Å². The normalized spacial score (nSPS) is 13.3. The molecular formula is C18H15FN2O2. The van der Waals surface area contributed by atoms with Crippen molar-refractivity contribution in [2.45, 2.75) is 5.60 Å². The van der Waals surface area contributed by atoms with Crippen LogP contribution in [0.1, 0.15) is 16.7 Å². The molecule has 4 nitrogen and oxygen atoms in total. The van der Waals surface area contributed by atoms with Crippen molar-refractivity contribution in [3.05, 3.63) is 89.6 Å². The number of benzene rings is 2. The van der Waals surface area contributed by atoms with Crippen LogP contribution in [0.5, 0.6) is 5.88 Å². The fourth-order valence-corrected chi connectivity index (χ4v) is 2.62. The molecule has 1 unspecified atom stereocenters. The molecule has 0 saturated heterocycles. The molecule has 0 aliphatic heterocycles. The van der Waals surface area contributed by atoms with E-state index in [9.17, 15) is 9.50 Å². The van der Waals surface area contributed by atoms with E-state index in [1.165, 1.54) is 31.8 Å². The van der Waals surface area contributed by atoms with Crippen LogP contribution in [-0.2, 0) is 5.60 Å². The van der Waals surface area contributed by atoms with Crippen molar-refractivity contribution in [3.8, 4) is 5.88 Å². The topological polar surface area (TPSA) is 55.2 Å². The first-order valence-corrected chi connectivity index (χ1v) is 7.05. The summed E-state index contributed by atoms with van der Waals surface area (Å²) in [7, 11) is 1.44. The molecule has 1 N–H and O–H groups in total. The van der Waals surface area contributed by atoms with Gasteiger partial charge in [-0.3, -0.25) is 0 Å². The average molecular weight is 310 g/mol. The largest absolute Gasteiger partial charge is 0.481 e. The summed E-state index contributed by atoms with van der Waals surface area (Å²) in [6.07, 6.45) is 2.75. The lowest BCUT2D eigenvalue weighted by molar-refractivity contribution is 0.116. The first-order chi connectivity index (χ1) is 11.2. The van der Waals surface area contributed by atoms with Gasteiger partial charge in [0, 0.05) is 11.8 Å². The highest BCUT2D eigenvalue weighted by Gasteiger charge is 2.39. The molecule has 3 rings (SSSR count). The molecule has 1 aromatic heterocycles. The van der Waals surface area contributed by atoms with Gasteiger partial charge in [0.2, 0.25) is 5.88 Å². The molecule has 0 amide bonds. The first kappa shape index (κ1) is 15.1. The molecule has 2 aromatic carbocycles. The van der Waals surface area contributed by atoms with Crippen LogP contribution in [-0.4, -0.2) is 22.2 Å². The lowest BCUT2D eigenvalue weighted by Crippen LogP contribution is -2.31. The van der Waals surface area contributed by atoms with E-state index in [1.54, 1.807) is 36.4 Å². The van der Waals surface area contributed by atoms with Crippen LogP contribution >= 0.6 is 0 Å². The zero-order valence-electron chi connectivity index (χ0n) is 12.5. The molecule has 3 aromatic rings. The van der Waals surface area contributed by atoms with Crippen molar-refractivity contribution in [2.75, 3.05) is 7.11 Å². The van der Waals surface area contributed by atoms with E-state index in [1.807, 2.05) is 6.07 Å². The highest BCUT2D eigenvalue weighted by Crippen LogP contribution is 2.40. The smallest absolute Gasteiger partial charge is 0.223 e. The van der Waals surface area contributed by atoms with Crippen molar-refractivity contribution < 1.29 is 14.2 Å². The second kappa shape index (κ2) is 6.14. The number of hydrogen-bond acceptors (Lipinski definition) is 4. The lowest BCUT2D eigenvalue weighted by Gasteiger charge is -2.30. The molecule has 1 heterocycles. The zero-order chi connectivity index (χ0) is 16.3. The monoisotopic (exact) mass is 310 g/mol. The number of ether oxygens (including phenoxy) is 1. The minimum atomic E-state index is -1.76. The molecule has 0 saturated carbocycles. The Balaban J connectivity index is 2.34. The van der Waals surface area contributed by atoms with Gasteiger partial charge in [0.15, 0.2) is 0 Å². The summed E-state index contributed by atoms with van der Waals surface area (Å²) in [4.78, 5) is 7.99. The minimum absolute atomic E-state index is 0.110. The van der Waals surface area contributed by atoms with Crippen LogP contribution in [0.3, 0.4) is 0 Å². The van der Waals surface area contributed by atoms with Crippen molar-refractivity contribution in [1.82, 2.24) is 9.97 Å². The maximum Gasteiger partial charge on any atom is 0.223 e. The fraction of sp³-hybridized carbons (Fsp3) is 0.111. The van der Waals surface area contributed by atoms with Crippen LogP contribution in [0.4, 0.5) is 4.39 Å². The Labute approximate surface area is 133 Å². The van der Waals surface area contributed by atoms with Crippen LogP contribution in [0.15, 0.2) is 67.1 Å². The predicted octanol–water partition coefficient (Wildman–Crippen LogP) is 2.91. The fourth-order valence-electron chi connectivity index (χ4n) is 2.62. The van der Waals surface area contributed by atoms with E-state index in [4.69, 9.17) is 4.74 Å². The Morgan fingerprint density at radius 2 is 1.70 bits per heavy atom. The highest BCUT2D eigenvalue weighted by atomic mass is 19.1. The molecule has 5 heteroatoms. The maximum atomic E-state index is 14.5. The summed E-state index contributed by atoms with van der Waals surface area (Å²) in [5, 5.41) is 11.5. The Morgan fingerprint density at radius 3 is 2.39 bits per heavy atom. The number of halogens is 1. The van der Waals surface area contributed by atoms with Crippen LogP contribution in [0.25, 0.3) is 0 Å². The Hall–Kier alpha value is -2.79. The number of rotatable bonds is 4. The molecule has 0 spiro atoms. The van der Waals surface area contributed by atoms with Gasteiger partial charge in [-0.1, -0.05) is 48.5 Å². The molecule has 23 heavy (non-hydrogen) atoms. The van der Waals surface area contributed by atoms with Gasteiger partial charge < -0.3 is 9.84 Å². The third kappa shape index (κ3) is 2.55. The van der Waals surface area contributed by atoms with E-state index < -0.39 is 11.4 Å². The first-order valence-electron chi connectivity index (χ1n) is 7.05. The summed E-state index contributed by atoms with van der Waals surface area (Å²) in [6.45, 7) is 0. The number of hydrogen-bond donors (Lipinski definition) is 1. The van der Waals surface area contributed by atoms with Crippen molar-refractivity contribution in [3.63, 3.8) is 0 Å². The average Bonchev–Trinajstić information content (AvgIpc) is 2.62. The van der Waals surface area contributed by atoms with E-state index in [0.717, 1.165) is 0 Å². The van der Waals surface area contributed by atoms with Gasteiger partial charge in [0.25, 0.3) is 0 Å². The van der Waals surface area contributed by atoms with Crippen molar-refractivity contribution in [2.24, 2.45) is 0 Å².